The number of amides is 1. The van der Waals surface area contributed by atoms with Gasteiger partial charge >= 0.3 is 5.97 Å². The van der Waals surface area contributed by atoms with Gasteiger partial charge in [0.25, 0.3) is 0 Å². The Morgan fingerprint density at radius 2 is 2.19 bits per heavy atom. The van der Waals surface area contributed by atoms with Crippen molar-refractivity contribution in [3.8, 4) is 0 Å². The highest BCUT2D eigenvalue weighted by atomic mass is 16.4. The van der Waals surface area contributed by atoms with E-state index in [4.69, 9.17) is 5.11 Å². The number of fused-ring (bicyclic) bond motifs is 1. The van der Waals surface area contributed by atoms with Crippen molar-refractivity contribution in [1.29, 1.82) is 0 Å². The standard InChI is InChI=1S/C12H13NO3/c1-7(12(15)16)8-3-4-10-9(5-8)6-11(14)13(10)2/h3-5,7H,6H2,1-2H3,(H,15,16). The third-order valence-electron chi connectivity index (χ3n) is 3.05. The van der Waals surface area contributed by atoms with E-state index in [0.29, 0.717) is 6.42 Å². The highest BCUT2D eigenvalue weighted by molar-refractivity contribution is 6.01. The van der Waals surface area contributed by atoms with Crippen LogP contribution in [0, 0.1) is 0 Å². The van der Waals surface area contributed by atoms with Crippen LogP contribution < -0.4 is 4.90 Å². The summed E-state index contributed by atoms with van der Waals surface area (Å²) in [5.41, 5.74) is 2.54. The molecule has 4 heteroatoms. The second-order valence-corrected chi connectivity index (χ2v) is 4.08. The average Bonchev–Trinajstić information content (AvgIpc) is 2.53. The lowest BCUT2D eigenvalue weighted by Crippen LogP contribution is -2.20. The van der Waals surface area contributed by atoms with Crippen molar-refractivity contribution in [3.63, 3.8) is 0 Å². The Morgan fingerprint density at radius 1 is 1.50 bits per heavy atom. The van der Waals surface area contributed by atoms with Crippen molar-refractivity contribution < 1.29 is 14.7 Å². The number of hydrogen-bond donors (Lipinski definition) is 1. The number of nitrogens with zero attached hydrogens (tertiary/aromatic N) is 1. The maximum Gasteiger partial charge on any atom is 0.310 e. The number of benzene rings is 1. The van der Waals surface area contributed by atoms with E-state index in [-0.39, 0.29) is 5.91 Å². The molecule has 84 valence electrons. The van der Waals surface area contributed by atoms with Crippen molar-refractivity contribution >= 4 is 17.6 Å². The molecule has 4 nitrogen and oxygen atoms in total. The molecule has 0 fully saturated rings. The SMILES string of the molecule is CC(C(=O)O)c1ccc2c(c1)CC(=O)N2C. The van der Waals surface area contributed by atoms with Crippen LogP contribution in [0.3, 0.4) is 0 Å². The van der Waals surface area contributed by atoms with Crippen LogP contribution in [0.25, 0.3) is 0 Å². The summed E-state index contributed by atoms with van der Waals surface area (Å²) in [7, 11) is 1.73. The molecule has 0 aromatic heterocycles. The van der Waals surface area contributed by atoms with Crippen LogP contribution in [0.15, 0.2) is 18.2 Å². The number of hydrogen-bond acceptors (Lipinski definition) is 2. The van der Waals surface area contributed by atoms with E-state index in [2.05, 4.69) is 0 Å². The van der Waals surface area contributed by atoms with Crippen LogP contribution in [0.1, 0.15) is 24.0 Å². The third kappa shape index (κ3) is 1.56. The second-order valence-electron chi connectivity index (χ2n) is 4.08. The van der Waals surface area contributed by atoms with Gasteiger partial charge < -0.3 is 10.0 Å². The molecule has 1 aliphatic heterocycles. The highest BCUT2D eigenvalue weighted by Crippen LogP contribution is 2.30. The topological polar surface area (TPSA) is 57.6 Å². The first-order valence-corrected chi connectivity index (χ1v) is 5.13. The van der Waals surface area contributed by atoms with Gasteiger partial charge in [-0.1, -0.05) is 12.1 Å². The third-order valence-corrected chi connectivity index (χ3v) is 3.05. The molecule has 1 unspecified atom stereocenters. The lowest BCUT2D eigenvalue weighted by molar-refractivity contribution is -0.138. The van der Waals surface area contributed by atoms with E-state index in [1.54, 1.807) is 24.9 Å². The van der Waals surface area contributed by atoms with E-state index >= 15 is 0 Å². The number of likely N-dealkylation sites (N-methyl/N-ethyl adjacent to an activating group) is 1. The van der Waals surface area contributed by atoms with Gasteiger partial charge in [0.15, 0.2) is 0 Å². The molecule has 0 saturated carbocycles. The molecule has 1 aromatic carbocycles. The summed E-state index contributed by atoms with van der Waals surface area (Å²) < 4.78 is 0. The maximum absolute atomic E-state index is 11.5. The van der Waals surface area contributed by atoms with Crippen molar-refractivity contribution in [1.82, 2.24) is 0 Å². The molecule has 0 radical (unpaired) electrons. The normalized spacial score (nSPS) is 16.1. The quantitative estimate of drug-likeness (QED) is 0.817. The summed E-state index contributed by atoms with van der Waals surface area (Å²) in [6, 6.07) is 5.40. The predicted molar refractivity (Wildman–Crippen MR) is 59.6 cm³/mol. The van der Waals surface area contributed by atoms with Crippen molar-refractivity contribution in [2.45, 2.75) is 19.3 Å². The Bertz CT molecular complexity index is 467. The van der Waals surface area contributed by atoms with E-state index in [1.807, 2.05) is 12.1 Å². The van der Waals surface area contributed by atoms with Gasteiger partial charge in [-0.3, -0.25) is 9.59 Å². The molecule has 1 aromatic rings. The van der Waals surface area contributed by atoms with Gasteiger partial charge in [0.05, 0.1) is 12.3 Å². The zero-order valence-electron chi connectivity index (χ0n) is 9.23. The summed E-state index contributed by atoms with van der Waals surface area (Å²) in [4.78, 5) is 23.9. The van der Waals surface area contributed by atoms with Gasteiger partial charge in [-0.25, -0.2) is 0 Å². The van der Waals surface area contributed by atoms with Gasteiger partial charge in [0.1, 0.15) is 0 Å². The van der Waals surface area contributed by atoms with E-state index < -0.39 is 11.9 Å². The molecule has 0 saturated heterocycles. The fraction of sp³-hybridized carbons (Fsp3) is 0.333. The summed E-state index contributed by atoms with van der Waals surface area (Å²) in [6.07, 6.45) is 0.367. The number of carbonyl (C=O) groups excluding carboxylic acids is 1. The minimum absolute atomic E-state index is 0.0510. The van der Waals surface area contributed by atoms with Crippen LogP contribution in [0.4, 0.5) is 5.69 Å². The van der Waals surface area contributed by atoms with Crippen LogP contribution >= 0.6 is 0 Å². The Labute approximate surface area is 93.5 Å². The van der Waals surface area contributed by atoms with E-state index in [0.717, 1.165) is 16.8 Å². The van der Waals surface area contributed by atoms with Crippen LogP contribution in [0.2, 0.25) is 0 Å². The van der Waals surface area contributed by atoms with E-state index in [1.165, 1.54) is 0 Å². The summed E-state index contributed by atoms with van der Waals surface area (Å²) in [5, 5.41) is 8.91. The minimum Gasteiger partial charge on any atom is -0.481 e. The van der Waals surface area contributed by atoms with Crippen LogP contribution in [-0.2, 0) is 16.0 Å². The van der Waals surface area contributed by atoms with Gasteiger partial charge in [-0.05, 0) is 24.1 Å². The molecule has 1 N–H and O–H groups in total. The predicted octanol–water partition coefficient (Wildman–Crippen LogP) is 1.39. The molecule has 0 spiro atoms. The molecule has 1 atom stereocenters. The number of rotatable bonds is 2. The molecule has 0 bridgehead atoms. The number of carboxylic acids is 1. The lowest BCUT2D eigenvalue weighted by Gasteiger charge is -2.12. The summed E-state index contributed by atoms with van der Waals surface area (Å²) >= 11 is 0. The van der Waals surface area contributed by atoms with Crippen LogP contribution in [0.5, 0.6) is 0 Å². The summed E-state index contributed by atoms with van der Waals surface area (Å²) in [6.45, 7) is 1.64. The molecule has 16 heavy (non-hydrogen) atoms. The summed E-state index contributed by atoms with van der Waals surface area (Å²) in [5.74, 6) is -1.33. The van der Waals surface area contributed by atoms with Crippen molar-refractivity contribution in [2.24, 2.45) is 0 Å². The molecule has 1 aliphatic rings. The number of carbonyl (C=O) groups is 2. The first-order chi connectivity index (χ1) is 7.50. The second kappa shape index (κ2) is 3.63. The monoisotopic (exact) mass is 219 g/mol. The highest BCUT2D eigenvalue weighted by Gasteiger charge is 2.25. The van der Waals surface area contributed by atoms with Gasteiger partial charge in [0.2, 0.25) is 5.91 Å². The molecule has 0 aliphatic carbocycles. The molecule has 1 heterocycles. The van der Waals surface area contributed by atoms with Gasteiger partial charge in [-0.2, -0.15) is 0 Å². The molecular weight excluding hydrogens is 206 g/mol. The average molecular weight is 219 g/mol. The number of anilines is 1. The number of aliphatic carboxylic acids is 1. The van der Waals surface area contributed by atoms with Crippen molar-refractivity contribution in [2.75, 3.05) is 11.9 Å². The Hall–Kier alpha value is -1.84. The first kappa shape index (κ1) is 10.7. The zero-order valence-corrected chi connectivity index (χ0v) is 9.23. The molecule has 1 amide bonds. The molecule has 2 rings (SSSR count). The van der Waals surface area contributed by atoms with Crippen molar-refractivity contribution in [3.05, 3.63) is 29.3 Å². The zero-order chi connectivity index (χ0) is 11.9. The Kier molecular flexibility index (Phi) is 2.42. The fourth-order valence-electron chi connectivity index (χ4n) is 1.90. The van der Waals surface area contributed by atoms with Crippen LogP contribution in [-0.4, -0.2) is 24.0 Å². The lowest BCUT2D eigenvalue weighted by atomic mass is 9.98. The Morgan fingerprint density at radius 3 is 2.81 bits per heavy atom. The maximum atomic E-state index is 11.5. The number of carboxylic acid groups (broad SMARTS) is 1. The minimum atomic E-state index is -0.849. The molecular formula is C12H13NO3. The van der Waals surface area contributed by atoms with Gasteiger partial charge in [-0.15, -0.1) is 0 Å². The Balaban J connectivity index is 2.39. The largest absolute Gasteiger partial charge is 0.481 e. The van der Waals surface area contributed by atoms with Gasteiger partial charge in [0, 0.05) is 12.7 Å². The fourth-order valence-corrected chi connectivity index (χ4v) is 1.90. The van der Waals surface area contributed by atoms with E-state index in [9.17, 15) is 9.59 Å². The first-order valence-electron chi connectivity index (χ1n) is 5.13. The smallest absolute Gasteiger partial charge is 0.310 e.